The summed E-state index contributed by atoms with van der Waals surface area (Å²) >= 11 is 0. The standard InChI is InChI=1S/C8H16N2O3/c1-12-4-5-13-9-6-8(11)10-7-2-3-7/h7,9H,2-6H2,1H3,(H,10,11). The highest BCUT2D eigenvalue weighted by molar-refractivity contribution is 5.78. The highest BCUT2D eigenvalue weighted by atomic mass is 16.7. The molecule has 0 aliphatic heterocycles. The summed E-state index contributed by atoms with van der Waals surface area (Å²) in [6.07, 6.45) is 2.21. The molecule has 1 saturated carbocycles. The number of ether oxygens (including phenoxy) is 1. The second-order valence-electron chi connectivity index (χ2n) is 3.00. The summed E-state index contributed by atoms with van der Waals surface area (Å²) in [5.74, 6) is -0.0140. The summed E-state index contributed by atoms with van der Waals surface area (Å²) in [6, 6.07) is 0.410. The fourth-order valence-electron chi connectivity index (χ4n) is 0.820. The molecule has 13 heavy (non-hydrogen) atoms. The van der Waals surface area contributed by atoms with Crippen molar-refractivity contribution in [1.29, 1.82) is 0 Å². The summed E-state index contributed by atoms with van der Waals surface area (Å²) in [5.41, 5.74) is 2.56. The molecule has 0 saturated heterocycles. The zero-order chi connectivity index (χ0) is 9.52. The van der Waals surface area contributed by atoms with Crippen molar-refractivity contribution in [2.75, 3.05) is 26.9 Å². The van der Waals surface area contributed by atoms with Crippen LogP contribution in [0.25, 0.3) is 0 Å². The zero-order valence-corrected chi connectivity index (χ0v) is 7.84. The van der Waals surface area contributed by atoms with Gasteiger partial charge >= 0.3 is 0 Å². The number of carbonyl (C=O) groups is 1. The Labute approximate surface area is 77.7 Å². The number of hydroxylamine groups is 1. The highest BCUT2D eigenvalue weighted by Crippen LogP contribution is 2.17. The van der Waals surface area contributed by atoms with Crippen molar-refractivity contribution in [3.05, 3.63) is 0 Å². The molecule has 1 aliphatic carbocycles. The molecule has 0 spiro atoms. The second-order valence-corrected chi connectivity index (χ2v) is 3.00. The van der Waals surface area contributed by atoms with E-state index in [2.05, 4.69) is 10.8 Å². The third kappa shape index (κ3) is 5.57. The summed E-state index contributed by atoms with van der Waals surface area (Å²) in [5, 5.41) is 2.83. The maximum Gasteiger partial charge on any atom is 0.236 e. The summed E-state index contributed by atoms with van der Waals surface area (Å²) in [6.45, 7) is 1.19. The Morgan fingerprint density at radius 1 is 1.46 bits per heavy atom. The van der Waals surface area contributed by atoms with Crippen LogP contribution in [0.3, 0.4) is 0 Å². The van der Waals surface area contributed by atoms with E-state index in [1.54, 1.807) is 7.11 Å². The van der Waals surface area contributed by atoms with Crippen LogP contribution in [0.5, 0.6) is 0 Å². The molecule has 0 unspecified atom stereocenters. The van der Waals surface area contributed by atoms with E-state index in [1.807, 2.05) is 0 Å². The van der Waals surface area contributed by atoms with E-state index in [1.165, 1.54) is 0 Å². The van der Waals surface area contributed by atoms with Crippen LogP contribution in [0, 0.1) is 0 Å². The third-order valence-electron chi connectivity index (χ3n) is 1.67. The SMILES string of the molecule is COCCONCC(=O)NC1CC1. The number of nitrogens with one attached hydrogen (secondary N) is 2. The first-order valence-electron chi connectivity index (χ1n) is 4.46. The van der Waals surface area contributed by atoms with Crippen molar-refractivity contribution in [2.24, 2.45) is 0 Å². The van der Waals surface area contributed by atoms with Gasteiger partial charge in [0.1, 0.15) is 0 Å². The Kier molecular flexibility index (Phi) is 4.74. The molecule has 1 aliphatic rings. The second kappa shape index (κ2) is 5.90. The molecule has 0 aromatic heterocycles. The van der Waals surface area contributed by atoms with Crippen LogP contribution >= 0.6 is 0 Å². The van der Waals surface area contributed by atoms with Gasteiger partial charge in [-0.05, 0) is 12.8 Å². The molecule has 76 valence electrons. The van der Waals surface area contributed by atoms with Gasteiger partial charge in [-0.1, -0.05) is 0 Å². The molecule has 5 heteroatoms. The predicted octanol–water partition coefficient (Wildman–Crippen LogP) is -0.567. The maximum atomic E-state index is 11.0. The molecule has 0 aromatic carbocycles. The Balaban J connectivity index is 1.83. The van der Waals surface area contributed by atoms with Gasteiger partial charge in [-0.2, -0.15) is 5.48 Å². The molecule has 0 radical (unpaired) electrons. The molecule has 0 heterocycles. The van der Waals surface area contributed by atoms with Gasteiger partial charge in [0, 0.05) is 13.2 Å². The van der Waals surface area contributed by atoms with Crippen molar-refractivity contribution in [2.45, 2.75) is 18.9 Å². The first-order chi connectivity index (χ1) is 6.33. The predicted molar refractivity (Wildman–Crippen MR) is 47.0 cm³/mol. The zero-order valence-electron chi connectivity index (χ0n) is 7.84. The van der Waals surface area contributed by atoms with Crippen molar-refractivity contribution in [1.82, 2.24) is 10.8 Å². The molecular formula is C8H16N2O3. The number of amides is 1. The monoisotopic (exact) mass is 188 g/mol. The average molecular weight is 188 g/mol. The summed E-state index contributed by atoms with van der Waals surface area (Å²) in [4.78, 5) is 16.0. The summed E-state index contributed by atoms with van der Waals surface area (Å²) < 4.78 is 4.76. The molecule has 1 rings (SSSR count). The lowest BCUT2D eigenvalue weighted by atomic mass is 10.5. The van der Waals surface area contributed by atoms with Crippen LogP contribution in [-0.4, -0.2) is 38.8 Å². The van der Waals surface area contributed by atoms with Crippen LogP contribution in [-0.2, 0) is 14.4 Å². The first kappa shape index (κ1) is 10.4. The van der Waals surface area contributed by atoms with Gasteiger partial charge in [0.25, 0.3) is 0 Å². The number of rotatable bonds is 7. The third-order valence-corrected chi connectivity index (χ3v) is 1.67. The Morgan fingerprint density at radius 2 is 2.23 bits per heavy atom. The minimum absolute atomic E-state index is 0.0140. The molecular weight excluding hydrogens is 172 g/mol. The summed E-state index contributed by atoms with van der Waals surface area (Å²) in [7, 11) is 1.60. The number of hydrogen-bond acceptors (Lipinski definition) is 4. The smallest absolute Gasteiger partial charge is 0.236 e. The lowest BCUT2D eigenvalue weighted by Gasteiger charge is -2.05. The van der Waals surface area contributed by atoms with E-state index in [4.69, 9.17) is 9.57 Å². The number of carbonyl (C=O) groups excluding carboxylic acids is 1. The van der Waals surface area contributed by atoms with Crippen LogP contribution < -0.4 is 10.8 Å². The fourth-order valence-corrected chi connectivity index (χ4v) is 0.820. The van der Waals surface area contributed by atoms with Gasteiger partial charge in [-0.3, -0.25) is 9.63 Å². The van der Waals surface area contributed by atoms with Gasteiger partial charge < -0.3 is 10.1 Å². The number of hydrogen-bond donors (Lipinski definition) is 2. The lowest BCUT2D eigenvalue weighted by Crippen LogP contribution is -2.35. The van der Waals surface area contributed by atoms with Crippen LogP contribution in [0.15, 0.2) is 0 Å². The molecule has 5 nitrogen and oxygen atoms in total. The van der Waals surface area contributed by atoms with Crippen LogP contribution in [0.4, 0.5) is 0 Å². The van der Waals surface area contributed by atoms with Gasteiger partial charge in [0.05, 0.1) is 19.8 Å². The Morgan fingerprint density at radius 3 is 2.85 bits per heavy atom. The Hall–Kier alpha value is -0.650. The van der Waals surface area contributed by atoms with E-state index in [-0.39, 0.29) is 12.5 Å². The van der Waals surface area contributed by atoms with Crippen LogP contribution in [0.2, 0.25) is 0 Å². The Bertz CT molecular complexity index is 159. The minimum Gasteiger partial charge on any atom is -0.382 e. The number of methoxy groups -OCH3 is 1. The van der Waals surface area contributed by atoms with Crippen molar-refractivity contribution in [3.63, 3.8) is 0 Å². The quantitative estimate of drug-likeness (QED) is 0.415. The van der Waals surface area contributed by atoms with Crippen LogP contribution in [0.1, 0.15) is 12.8 Å². The molecule has 0 aromatic rings. The van der Waals surface area contributed by atoms with Gasteiger partial charge in [0.2, 0.25) is 5.91 Å². The minimum atomic E-state index is -0.0140. The van der Waals surface area contributed by atoms with Crippen molar-refractivity contribution >= 4 is 5.91 Å². The van der Waals surface area contributed by atoms with E-state index in [0.29, 0.717) is 19.3 Å². The topological polar surface area (TPSA) is 59.6 Å². The molecule has 2 N–H and O–H groups in total. The van der Waals surface area contributed by atoms with E-state index < -0.39 is 0 Å². The average Bonchev–Trinajstić information content (AvgIpc) is 2.88. The van der Waals surface area contributed by atoms with E-state index in [9.17, 15) is 4.79 Å². The van der Waals surface area contributed by atoms with Crippen molar-refractivity contribution in [3.8, 4) is 0 Å². The molecule has 1 fully saturated rings. The van der Waals surface area contributed by atoms with Crippen molar-refractivity contribution < 1.29 is 14.4 Å². The van der Waals surface area contributed by atoms with E-state index in [0.717, 1.165) is 12.8 Å². The molecule has 0 atom stereocenters. The maximum absolute atomic E-state index is 11.0. The largest absolute Gasteiger partial charge is 0.382 e. The fraction of sp³-hybridized carbons (Fsp3) is 0.875. The van der Waals surface area contributed by atoms with Gasteiger partial charge in [-0.15, -0.1) is 0 Å². The molecule has 0 bridgehead atoms. The van der Waals surface area contributed by atoms with E-state index >= 15 is 0 Å². The van der Waals surface area contributed by atoms with Gasteiger partial charge in [0.15, 0.2) is 0 Å². The van der Waals surface area contributed by atoms with Gasteiger partial charge in [-0.25, -0.2) is 0 Å². The normalized spacial score (nSPS) is 15.8. The highest BCUT2D eigenvalue weighted by Gasteiger charge is 2.22. The first-order valence-corrected chi connectivity index (χ1v) is 4.46. The lowest BCUT2D eigenvalue weighted by molar-refractivity contribution is -0.123. The molecule has 1 amide bonds.